The van der Waals surface area contributed by atoms with E-state index >= 15 is 0 Å². The minimum absolute atomic E-state index is 0.0391. The van der Waals surface area contributed by atoms with Crippen LogP contribution in [0.3, 0.4) is 0 Å². The fraction of sp³-hybridized carbons (Fsp3) is 0.176. The van der Waals surface area contributed by atoms with Crippen LogP contribution in [0.15, 0.2) is 48.5 Å². The van der Waals surface area contributed by atoms with Gasteiger partial charge in [0.2, 0.25) is 0 Å². The predicted molar refractivity (Wildman–Crippen MR) is 80.3 cm³/mol. The third-order valence-electron chi connectivity index (χ3n) is 3.12. The van der Waals surface area contributed by atoms with E-state index in [0.717, 1.165) is 0 Å². The summed E-state index contributed by atoms with van der Waals surface area (Å²) in [7, 11) is 1.76. The molecule has 0 N–H and O–H groups in total. The van der Waals surface area contributed by atoms with E-state index in [2.05, 4.69) is 6.07 Å². The van der Waals surface area contributed by atoms with E-state index in [0.29, 0.717) is 29.2 Å². The highest BCUT2D eigenvalue weighted by Gasteiger charge is 2.10. The van der Waals surface area contributed by atoms with Crippen molar-refractivity contribution in [2.24, 2.45) is 0 Å². The lowest BCUT2D eigenvalue weighted by Gasteiger charge is -2.15. The molecule has 0 saturated heterocycles. The van der Waals surface area contributed by atoms with Gasteiger partial charge < -0.3 is 9.64 Å². The lowest BCUT2D eigenvalue weighted by molar-refractivity contribution is 0.0802. The number of benzene rings is 2. The molecule has 0 unspecified atom stereocenters. The van der Waals surface area contributed by atoms with E-state index in [-0.39, 0.29) is 5.91 Å². The van der Waals surface area contributed by atoms with Crippen LogP contribution in [0.1, 0.15) is 22.8 Å². The van der Waals surface area contributed by atoms with Gasteiger partial charge in [-0.25, -0.2) is 0 Å². The lowest BCUT2D eigenvalue weighted by Crippen LogP contribution is -2.26. The summed E-state index contributed by atoms with van der Waals surface area (Å²) in [6.07, 6.45) is 0. The van der Waals surface area contributed by atoms with E-state index in [1.807, 2.05) is 6.92 Å². The van der Waals surface area contributed by atoms with Gasteiger partial charge in [0.25, 0.3) is 5.91 Å². The molecule has 0 spiro atoms. The third kappa shape index (κ3) is 3.61. The van der Waals surface area contributed by atoms with Crippen molar-refractivity contribution in [2.45, 2.75) is 6.92 Å². The third-order valence-corrected chi connectivity index (χ3v) is 3.12. The van der Waals surface area contributed by atoms with Gasteiger partial charge in [-0.2, -0.15) is 5.26 Å². The number of ether oxygens (including phenoxy) is 1. The first-order chi connectivity index (χ1) is 10.1. The molecule has 0 aliphatic heterocycles. The zero-order valence-electron chi connectivity index (χ0n) is 12.0. The molecular weight excluding hydrogens is 264 g/mol. The number of carbonyl (C=O) groups excluding carboxylic acids is 1. The topological polar surface area (TPSA) is 53.3 Å². The average molecular weight is 280 g/mol. The number of nitriles is 1. The molecule has 0 aliphatic carbocycles. The normalized spacial score (nSPS) is 9.76. The number of hydrogen-bond donors (Lipinski definition) is 0. The van der Waals surface area contributed by atoms with Crippen LogP contribution in [0, 0.1) is 11.3 Å². The van der Waals surface area contributed by atoms with Crippen molar-refractivity contribution in [3.05, 3.63) is 59.7 Å². The van der Waals surface area contributed by atoms with Crippen LogP contribution in [0.2, 0.25) is 0 Å². The quantitative estimate of drug-likeness (QED) is 0.862. The average Bonchev–Trinajstić information content (AvgIpc) is 2.54. The van der Waals surface area contributed by atoms with Gasteiger partial charge in [0.1, 0.15) is 11.5 Å². The van der Waals surface area contributed by atoms with Crippen molar-refractivity contribution in [2.75, 3.05) is 13.6 Å². The van der Waals surface area contributed by atoms with E-state index < -0.39 is 0 Å². The van der Waals surface area contributed by atoms with E-state index in [1.165, 1.54) is 0 Å². The molecule has 21 heavy (non-hydrogen) atoms. The smallest absolute Gasteiger partial charge is 0.253 e. The van der Waals surface area contributed by atoms with Crippen molar-refractivity contribution in [3.8, 4) is 17.6 Å². The molecule has 4 heteroatoms. The number of nitrogens with zero attached hydrogens (tertiary/aromatic N) is 2. The molecule has 0 aromatic heterocycles. The zero-order chi connectivity index (χ0) is 15.2. The Labute approximate surface area is 124 Å². The van der Waals surface area contributed by atoms with Gasteiger partial charge in [-0.05, 0) is 49.4 Å². The fourth-order valence-corrected chi connectivity index (χ4v) is 1.79. The highest BCUT2D eigenvalue weighted by molar-refractivity contribution is 5.94. The van der Waals surface area contributed by atoms with Crippen LogP contribution in [0.5, 0.6) is 11.5 Å². The second kappa shape index (κ2) is 6.58. The van der Waals surface area contributed by atoms with Crippen molar-refractivity contribution < 1.29 is 9.53 Å². The van der Waals surface area contributed by atoms with Crippen LogP contribution in [-0.2, 0) is 0 Å². The van der Waals surface area contributed by atoms with Gasteiger partial charge in [-0.1, -0.05) is 6.07 Å². The fourth-order valence-electron chi connectivity index (χ4n) is 1.79. The first-order valence-electron chi connectivity index (χ1n) is 6.67. The van der Waals surface area contributed by atoms with Gasteiger partial charge in [-0.3, -0.25) is 4.79 Å². The van der Waals surface area contributed by atoms with E-state index in [1.54, 1.807) is 60.5 Å². The number of rotatable bonds is 4. The second-order valence-electron chi connectivity index (χ2n) is 4.59. The summed E-state index contributed by atoms with van der Waals surface area (Å²) < 4.78 is 5.70. The Morgan fingerprint density at radius 1 is 1.19 bits per heavy atom. The Balaban J connectivity index is 2.17. The maximum atomic E-state index is 12.1. The summed E-state index contributed by atoms with van der Waals surface area (Å²) in [5.74, 6) is 1.18. The summed E-state index contributed by atoms with van der Waals surface area (Å²) in [5.41, 5.74) is 1.17. The molecule has 0 aliphatic rings. The minimum atomic E-state index is -0.0391. The molecule has 1 amide bonds. The Morgan fingerprint density at radius 2 is 1.90 bits per heavy atom. The summed E-state index contributed by atoms with van der Waals surface area (Å²) in [5, 5.41) is 8.76. The molecule has 0 bridgehead atoms. The Kier molecular flexibility index (Phi) is 4.57. The number of hydrogen-bond acceptors (Lipinski definition) is 3. The molecule has 2 aromatic carbocycles. The van der Waals surface area contributed by atoms with Crippen molar-refractivity contribution in [3.63, 3.8) is 0 Å². The molecule has 0 radical (unpaired) electrons. The molecule has 0 atom stereocenters. The number of amides is 1. The highest BCUT2D eigenvalue weighted by atomic mass is 16.5. The van der Waals surface area contributed by atoms with Crippen LogP contribution in [-0.4, -0.2) is 24.4 Å². The first kappa shape index (κ1) is 14.6. The molecule has 2 aromatic rings. The molecule has 2 rings (SSSR count). The van der Waals surface area contributed by atoms with Gasteiger partial charge in [0.05, 0.1) is 11.6 Å². The molecule has 0 saturated carbocycles. The summed E-state index contributed by atoms with van der Waals surface area (Å²) in [6.45, 7) is 2.58. The Bertz CT molecular complexity index is 672. The van der Waals surface area contributed by atoms with Crippen LogP contribution >= 0.6 is 0 Å². The Morgan fingerprint density at radius 3 is 2.52 bits per heavy atom. The maximum absolute atomic E-state index is 12.1. The van der Waals surface area contributed by atoms with Crippen molar-refractivity contribution >= 4 is 5.91 Å². The number of carbonyl (C=O) groups is 1. The SMILES string of the molecule is CCN(C)C(=O)c1cccc(Oc2ccc(C#N)cc2)c1. The highest BCUT2D eigenvalue weighted by Crippen LogP contribution is 2.23. The van der Waals surface area contributed by atoms with Gasteiger partial charge in [0.15, 0.2) is 0 Å². The van der Waals surface area contributed by atoms with E-state index in [4.69, 9.17) is 10.00 Å². The summed E-state index contributed by atoms with van der Waals surface area (Å²) in [4.78, 5) is 13.7. The molecule has 4 nitrogen and oxygen atoms in total. The van der Waals surface area contributed by atoms with Gasteiger partial charge in [0, 0.05) is 19.2 Å². The van der Waals surface area contributed by atoms with Crippen LogP contribution in [0.25, 0.3) is 0 Å². The van der Waals surface area contributed by atoms with Crippen LogP contribution in [0.4, 0.5) is 0 Å². The van der Waals surface area contributed by atoms with Crippen molar-refractivity contribution in [1.82, 2.24) is 4.90 Å². The van der Waals surface area contributed by atoms with Gasteiger partial charge >= 0.3 is 0 Å². The summed E-state index contributed by atoms with van der Waals surface area (Å²) >= 11 is 0. The van der Waals surface area contributed by atoms with Crippen molar-refractivity contribution in [1.29, 1.82) is 5.26 Å². The maximum Gasteiger partial charge on any atom is 0.253 e. The largest absolute Gasteiger partial charge is 0.457 e. The standard InChI is InChI=1S/C17H16N2O2/c1-3-19(2)17(20)14-5-4-6-16(11-14)21-15-9-7-13(12-18)8-10-15/h4-11H,3H2,1-2H3. The second-order valence-corrected chi connectivity index (χ2v) is 4.59. The molecular formula is C17H16N2O2. The monoisotopic (exact) mass is 280 g/mol. The van der Waals surface area contributed by atoms with Gasteiger partial charge in [-0.15, -0.1) is 0 Å². The minimum Gasteiger partial charge on any atom is -0.457 e. The molecule has 0 fully saturated rings. The molecule has 0 heterocycles. The zero-order valence-corrected chi connectivity index (χ0v) is 12.0. The van der Waals surface area contributed by atoms with Crippen LogP contribution < -0.4 is 4.74 Å². The first-order valence-corrected chi connectivity index (χ1v) is 6.67. The summed E-state index contributed by atoms with van der Waals surface area (Å²) in [6, 6.07) is 15.9. The Hall–Kier alpha value is -2.80. The molecule has 106 valence electrons. The predicted octanol–water partition coefficient (Wildman–Crippen LogP) is 3.44. The van der Waals surface area contributed by atoms with E-state index in [9.17, 15) is 4.79 Å². The lowest BCUT2D eigenvalue weighted by atomic mass is 10.2.